The first-order valence-electron chi connectivity index (χ1n) is 9.84. The normalized spacial score (nSPS) is 13.7. The van der Waals surface area contributed by atoms with Gasteiger partial charge in [0.25, 0.3) is 0 Å². The largest absolute Gasteiger partial charge is 0.454 e. The zero-order valence-electron chi connectivity index (χ0n) is 16.6. The molecule has 0 spiro atoms. The third-order valence-electron chi connectivity index (χ3n) is 5.35. The van der Waals surface area contributed by atoms with Crippen LogP contribution < -0.4 is 18.9 Å². The molecule has 0 saturated carbocycles. The summed E-state index contributed by atoms with van der Waals surface area (Å²) in [5.74, 6) is 3.02. The van der Waals surface area contributed by atoms with Crippen molar-refractivity contribution in [3.05, 3.63) is 69.1 Å². The first kappa shape index (κ1) is 19.7. The first-order chi connectivity index (χ1) is 15.6. The Labute approximate surface area is 199 Å². The molecule has 32 heavy (non-hydrogen) atoms. The summed E-state index contributed by atoms with van der Waals surface area (Å²) in [6.45, 7) is 1.72. The lowest BCUT2D eigenvalue weighted by Gasteiger charge is -2.07. The molecule has 2 aliphatic rings. The van der Waals surface area contributed by atoms with Gasteiger partial charge in [0.15, 0.2) is 23.0 Å². The average Bonchev–Trinajstić information content (AvgIpc) is 3.55. The van der Waals surface area contributed by atoms with Crippen molar-refractivity contribution >= 4 is 31.9 Å². The first-order valence-corrected chi connectivity index (χ1v) is 11.4. The third kappa shape index (κ3) is 3.63. The summed E-state index contributed by atoms with van der Waals surface area (Å²) in [6, 6.07) is 7.82. The molecule has 2 aromatic carbocycles. The molecule has 8 nitrogen and oxygen atoms in total. The van der Waals surface area contributed by atoms with Crippen LogP contribution in [0.25, 0.3) is 11.1 Å². The molecule has 10 heteroatoms. The van der Waals surface area contributed by atoms with Crippen LogP contribution >= 0.6 is 31.9 Å². The standard InChI is InChI=1S/C22H16Br2N4O4/c23-17-3-21-19(29-11-31-21)1-13(17)7-27-9-15(5-25-27)16-6-26-28(10-16)8-14-2-20-22(4-18(14)24)32-12-30-20/h1-6,9-10H,7-8,11-12H2. The third-order valence-corrected chi connectivity index (χ3v) is 6.82. The number of benzene rings is 2. The average molecular weight is 560 g/mol. The minimum absolute atomic E-state index is 0.254. The minimum Gasteiger partial charge on any atom is -0.454 e. The fourth-order valence-corrected chi connectivity index (χ4v) is 4.60. The smallest absolute Gasteiger partial charge is 0.231 e. The van der Waals surface area contributed by atoms with Gasteiger partial charge in [-0.25, -0.2) is 0 Å². The van der Waals surface area contributed by atoms with E-state index in [1.54, 1.807) is 0 Å². The van der Waals surface area contributed by atoms with Gasteiger partial charge in [0.1, 0.15) is 0 Å². The summed E-state index contributed by atoms with van der Waals surface area (Å²) in [7, 11) is 0. The molecule has 0 unspecified atom stereocenters. The predicted molar refractivity (Wildman–Crippen MR) is 122 cm³/mol. The lowest BCUT2D eigenvalue weighted by atomic mass is 10.2. The molecule has 162 valence electrons. The molecule has 0 amide bonds. The quantitative estimate of drug-likeness (QED) is 0.349. The van der Waals surface area contributed by atoms with E-state index in [0.717, 1.165) is 54.2 Å². The van der Waals surface area contributed by atoms with E-state index in [1.807, 2.05) is 58.4 Å². The summed E-state index contributed by atoms with van der Waals surface area (Å²) in [5, 5.41) is 9.04. The number of ether oxygens (including phenoxy) is 4. The van der Waals surface area contributed by atoms with Crippen LogP contribution in [0.2, 0.25) is 0 Å². The van der Waals surface area contributed by atoms with Crippen LogP contribution in [0.3, 0.4) is 0 Å². The molecule has 0 atom stereocenters. The number of aromatic nitrogens is 4. The predicted octanol–water partition coefficient (Wildman–Crippen LogP) is 4.83. The Bertz CT molecular complexity index is 1230. The van der Waals surface area contributed by atoms with Gasteiger partial charge in [-0.3, -0.25) is 9.36 Å². The Kier molecular flexibility index (Phi) is 4.83. The van der Waals surface area contributed by atoms with Crippen LogP contribution in [0.1, 0.15) is 11.1 Å². The van der Waals surface area contributed by atoms with Crippen LogP contribution in [0, 0.1) is 0 Å². The lowest BCUT2D eigenvalue weighted by Crippen LogP contribution is -2.01. The molecule has 0 saturated heterocycles. The van der Waals surface area contributed by atoms with Gasteiger partial charge in [-0.1, -0.05) is 31.9 Å². The maximum absolute atomic E-state index is 5.49. The van der Waals surface area contributed by atoms with Crippen molar-refractivity contribution in [2.24, 2.45) is 0 Å². The molecular formula is C22H16Br2N4O4. The summed E-state index contributed by atoms with van der Waals surface area (Å²) in [5.41, 5.74) is 4.12. The van der Waals surface area contributed by atoms with Gasteiger partial charge in [-0.15, -0.1) is 0 Å². The molecule has 0 bridgehead atoms. The van der Waals surface area contributed by atoms with Crippen molar-refractivity contribution in [1.29, 1.82) is 0 Å². The number of rotatable bonds is 5. The van der Waals surface area contributed by atoms with E-state index in [4.69, 9.17) is 18.9 Å². The number of hydrogen-bond acceptors (Lipinski definition) is 6. The highest BCUT2D eigenvalue weighted by Gasteiger charge is 2.18. The summed E-state index contributed by atoms with van der Waals surface area (Å²) in [4.78, 5) is 0. The van der Waals surface area contributed by atoms with Crippen molar-refractivity contribution < 1.29 is 18.9 Å². The second kappa shape index (κ2) is 7.86. The monoisotopic (exact) mass is 558 g/mol. The molecule has 4 heterocycles. The highest BCUT2D eigenvalue weighted by molar-refractivity contribution is 9.10. The van der Waals surface area contributed by atoms with Crippen LogP contribution in [0.15, 0.2) is 58.0 Å². The molecule has 0 radical (unpaired) electrons. The van der Waals surface area contributed by atoms with Crippen molar-refractivity contribution in [2.75, 3.05) is 13.6 Å². The SMILES string of the molecule is Brc1cc2c(cc1Cn1cc(-c3cnn(Cc4cc5c(cc4Br)OCO5)c3)cn1)OCO2. The maximum Gasteiger partial charge on any atom is 0.231 e. The van der Waals surface area contributed by atoms with Gasteiger partial charge in [0, 0.05) is 32.5 Å². The van der Waals surface area contributed by atoms with Gasteiger partial charge in [-0.2, -0.15) is 10.2 Å². The molecule has 2 aliphatic heterocycles. The van der Waals surface area contributed by atoms with Gasteiger partial charge < -0.3 is 18.9 Å². The van der Waals surface area contributed by atoms with Crippen LogP contribution in [0.5, 0.6) is 23.0 Å². The van der Waals surface area contributed by atoms with Crippen LogP contribution in [-0.4, -0.2) is 33.1 Å². The molecule has 4 aromatic rings. The van der Waals surface area contributed by atoms with Gasteiger partial charge >= 0.3 is 0 Å². The summed E-state index contributed by atoms with van der Waals surface area (Å²) >= 11 is 7.22. The number of nitrogens with zero attached hydrogens (tertiary/aromatic N) is 4. The van der Waals surface area contributed by atoms with E-state index in [-0.39, 0.29) is 13.6 Å². The zero-order chi connectivity index (χ0) is 21.7. The second-order valence-electron chi connectivity index (χ2n) is 7.45. The number of hydrogen-bond donors (Lipinski definition) is 0. The molecular weight excluding hydrogens is 544 g/mol. The van der Waals surface area contributed by atoms with E-state index >= 15 is 0 Å². The summed E-state index contributed by atoms with van der Waals surface area (Å²) < 4.78 is 27.5. The van der Waals surface area contributed by atoms with E-state index in [0.29, 0.717) is 13.1 Å². The molecule has 2 aromatic heterocycles. The zero-order valence-corrected chi connectivity index (χ0v) is 19.8. The van der Waals surface area contributed by atoms with E-state index in [1.165, 1.54) is 0 Å². The minimum atomic E-state index is 0.254. The number of halogens is 2. The van der Waals surface area contributed by atoms with E-state index < -0.39 is 0 Å². The molecule has 0 N–H and O–H groups in total. The van der Waals surface area contributed by atoms with Gasteiger partial charge in [-0.05, 0) is 35.4 Å². The van der Waals surface area contributed by atoms with E-state index in [2.05, 4.69) is 42.1 Å². The van der Waals surface area contributed by atoms with Gasteiger partial charge in [0.05, 0.1) is 25.5 Å². The van der Waals surface area contributed by atoms with Crippen molar-refractivity contribution in [3.8, 4) is 34.1 Å². The van der Waals surface area contributed by atoms with Crippen LogP contribution in [0.4, 0.5) is 0 Å². The fraction of sp³-hybridized carbons (Fsp3) is 0.182. The topological polar surface area (TPSA) is 72.6 Å². The maximum atomic E-state index is 5.49. The van der Waals surface area contributed by atoms with Crippen molar-refractivity contribution in [1.82, 2.24) is 19.6 Å². The summed E-state index contributed by atoms with van der Waals surface area (Å²) in [6.07, 6.45) is 7.71. The molecule has 6 rings (SSSR count). The highest BCUT2D eigenvalue weighted by Crippen LogP contribution is 2.38. The van der Waals surface area contributed by atoms with Crippen LogP contribution in [-0.2, 0) is 13.1 Å². The van der Waals surface area contributed by atoms with E-state index in [9.17, 15) is 0 Å². The Balaban J connectivity index is 1.19. The lowest BCUT2D eigenvalue weighted by molar-refractivity contribution is 0.173. The Morgan fingerprint density at radius 3 is 1.50 bits per heavy atom. The Morgan fingerprint density at radius 2 is 1.06 bits per heavy atom. The second-order valence-corrected chi connectivity index (χ2v) is 9.16. The Morgan fingerprint density at radius 1 is 0.656 bits per heavy atom. The Hall–Kier alpha value is -2.98. The highest BCUT2D eigenvalue weighted by atomic mass is 79.9. The fourth-order valence-electron chi connectivity index (χ4n) is 3.71. The van der Waals surface area contributed by atoms with Gasteiger partial charge in [0.2, 0.25) is 13.6 Å². The molecule has 0 fully saturated rings. The number of fused-ring (bicyclic) bond motifs is 2. The van der Waals surface area contributed by atoms with Crippen molar-refractivity contribution in [3.63, 3.8) is 0 Å². The molecule has 0 aliphatic carbocycles. The van der Waals surface area contributed by atoms with Crippen molar-refractivity contribution in [2.45, 2.75) is 13.1 Å².